The number of thioether (sulfide) groups is 1. The van der Waals surface area contributed by atoms with E-state index in [9.17, 15) is 9.59 Å². The van der Waals surface area contributed by atoms with Gasteiger partial charge in [0, 0.05) is 18.1 Å². The lowest BCUT2D eigenvalue weighted by molar-refractivity contribution is -0.118. The number of hydrogen-bond acceptors (Lipinski definition) is 5. The molecule has 2 aromatic heterocycles. The Labute approximate surface area is 177 Å². The molecule has 1 amide bonds. The van der Waals surface area contributed by atoms with Crippen LogP contribution in [0.15, 0.2) is 45.7 Å². The van der Waals surface area contributed by atoms with E-state index in [2.05, 4.69) is 24.1 Å². The van der Waals surface area contributed by atoms with E-state index in [1.54, 1.807) is 16.7 Å². The first-order chi connectivity index (χ1) is 13.4. The summed E-state index contributed by atoms with van der Waals surface area (Å²) in [5, 5.41) is 6.03. The van der Waals surface area contributed by atoms with E-state index in [0.29, 0.717) is 39.4 Å². The van der Waals surface area contributed by atoms with E-state index in [1.165, 1.54) is 23.1 Å². The molecule has 0 fully saturated rings. The molecule has 5 nitrogen and oxygen atoms in total. The zero-order valence-electron chi connectivity index (χ0n) is 15.8. The van der Waals surface area contributed by atoms with Gasteiger partial charge in [0.1, 0.15) is 4.70 Å². The Morgan fingerprint density at radius 2 is 2.04 bits per heavy atom. The van der Waals surface area contributed by atoms with Crippen LogP contribution in [-0.2, 0) is 17.9 Å². The fraction of sp³-hybridized carbons (Fsp3) is 0.350. The molecule has 0 unspecified atom stereocenters. The third-order valence-corrected chi connectivity index (χ3v) is 6.32. The molecule has 0 atom stereocenters. The average molecular weight is 436 g/mol. The number of halogens is 1. The van der Waals surface area contributed by atoms with Gasteiger partial charge in [0.2, 0.25) is 5.91 Å². The van der Waals surface area contributed by atoms with Gasteiger partial charge in [0.15, 0.2) is 5.16 Å². The molecule has 0 radical (unpaired) electrons. The first-order valence-corrected chi connectivity index (χ1v) is 11.3. The maximum absolute atomic E-state index is 12.8. The number of rotatable bonds is 8. The normalized spacial score (nSPS) is 11.3. The fourth-order valence-corrected chi connectivity index (χ4v) is 4.36. The molecule has 0 aliphatic heterocycles. The lowest BCUT2D eigenvalue weighted by Gasteiger charge is -2.13. The predicted molar refractivity (Wildman–Crippen MR) is 117 cm³/mol. The number of carbonyl (C=O) groups is 1. The van der Waals surface area contributed by atoms with Crippen LogP contribution in [0.5, 0.6) is 0 Å². The van der Waals surface area contributed by atoms with Crippen LogP contribution >= 0.6 is 34.7 Å². The number of thiophene rings is 1. The number of nitrogens with zero attached hydrogens (tertiary/aromatic N) is 2. The molecular formula is C20H22ClN3O2S2. The molecule has 2 heterocycles. The monoisotopic (exact) mass is 435 g/mol. The van der Waals surface area contributed by atoms with Crippen molar-refractivity contribution in [2.45, 2.75) is 38.5 Å². The number of hydrogen-bond donors (Lipinski definition) is 1. The van der Waals surface area contributed by atoms with Gasteiger partial charge in [-0.15, -0.1) is 11.3 Å². The van der Waals surface area contributed by atoms with Crippen LogP contribution in [0, 0.1) is 5.92 Å². The van der Waals surface area contributed by atoms with Gasteiger partial charge in [-0.25, -0.2) is 4.98 Å². The highest BCUT2D eigenvalue weighted by Gasteiger charge is 2.14. The number of nitrogens with one attached hydrogen (secondary N) is 1. The number of aromatic nitrogens is 2. The molecule has 8 heteroatoms. The van der Waals surface area contributed by atoms with Crippen LogP contribution in [0.1, 0.15) is 25.8 Å². The van der Waals surface area contributed by atoms with E-state index >= 15 is 0 Å². The van der Waals surface area contributed by atoms with Crippen LogP contribution in [0.4, 0.5) is 0 Å². The maximum Gasteiger partial charge on any atom is 0.272 e. The Balaban J connectivity index is 1.68. The highest BCUT2D eigenvalue weighted by molar-refractivity contribution is 7.99. The molecule has 0 aliphatic carbocycles. The summed E-state index contributed by atoms with van der Waals surface area (Å²) >= 11 is 8.58. The van der Waals surface area contributed by atoms with E-state index < -0.39 is 0 Å². The van der Waals surface area contributed by atoms with Crippen LogP contribution < -0.4 is 10.9 Å². The quantitative estimate of drug-likeness (QED) is 0.416. The summed E-state index contributed by atoms with van der Waals surface area (Å²) in [6.45, 7) is 5.29. The van der Waals surface area contributed by atoms with Gasteiger partial charge in [-0.2, -0.15) is 0 Å². The minimum atomic E-state index is -0.102. The lowest BCUT2D eigenvalue weighted by Crippen LogP contribution is -2.26. The molecule has 1 aromatic carbocycles. The third-order valence-electron chi connectivity index (χ3n) is 4.20. The van der Waals surface area contributed by atoms with Crippen molar-refractivity contribution < 1.29 is 4.79 Å². The molecule has 0 spiro atoms. The summed E-state index contributed by atoms with van der Waals surface area (Å²) in [6, 6.07) is 9.20. The van der Waals surface area contributed by atoms with Gasteiger partial charge in [-0.05, 0) is 41.5 Å². The van der Waals surface area contributed by atoms with Gasteiger partial charge in [-0.3, -0.25) is 14.2 Å². The van der Waals surface area contributed by atoms with Crippen LogP contribution in [-0.4, -0.2) is 21.2 Å². The molecular weight excluding hydrogens is 414 g/mol. The Bertz CT molecular complexity index is 1010. The standard InChI is InChI=1S/C20H22ClN3O2S2/c1-13(2)7-9-24-19(26)18-16(8-10-27-18)23-20(24)28-12-17(25)22-11-14-3-5-15(21)6-4-14/h3-6,8,10,13H,7,9,11-12H2,1-2H3,(H,22,25). The third kappa shape index (κ3) is 5.37. The molecule has 0 aliphatic rings. The topological polar surface area (TPSA) is 64.0 Å². The summed E-state index contributed by atoms with van der Waals surface area (Å²) in [5.74, 6) is 0.582. The molecule has 148 valence electrons. The molecule has 3 rings (SSSR count). The number of carbonyl (C=O) groups excluding carboxylic acids is 1. The van der Waals surface area contributed by atoms with Crippen LogP contribution in [0.25, 0.3) is 10.2 Å². The molecule has 0 saturated carbocycles. The number of benzene rings is 1. The van der Waals surface area contributed by atoms with Gasteiger partial charge < -0.3 is 5.32 Å². The second-order valence-electron chi connectivity index (χ2n) is 6.86. The van der Waals surface area contributed by atoms with Crippen molar-refractivity contribution in [2.75, 3.05) is 5.75 Å². The first kappa shape index (κ1) is 20.9. The maximum atomic E-state index is 12.8. The number of fused-ring (bicyclic) bond motifs is 1. The van der Waals surface area contributed by atoms with Crippen LogP contribution in [0.2, 0.25) is 5.02 Å². The summed E-state index contributed by atoms with van der Waals surface area (Å²) in [4.78, 5) is 29.7. The van der Waals surface area contributed by atoms with Crippen molar-refractivity contribution in [1.29, 1.82) is 0 Å². The minimum Gasteiger partial charge on any atom is -0.351 e. The summed E-state index contributed by atoms with van der Waals surface area (Å²) < 4.78 is 2.37. The first-order valence-electron chi connectivity index (χ1n) is 9.06. The lowest BCUT2D eigenvalue weighted by atomic mass is 10.1. The second-order valence-corrected chi connectivity index (χ2v) is 9.16. The molecule has 1 N–H and O–H groups in total. The van der Waals surface area contributed by atoms with Gasteiger partial charge in [0.25, 0.3) is 5.56 Å². The van der Waals surface area contributed by atoms with Crippen molar-refractivity contribution in [1.82, 2.24) is 14.9 Å². The van der Waals surface area contributed by atoms with E-state index in [0.717, 1.165) is 12.0 Å². The minimum absolute atomic E-state index is 0.0234. The molecule has 3 aromatic rings. The Hall–Kier alpha value is -1.83. The molecule has 0 saturated heterocycles. The van der Waals surface area contributed by atoms with E-state index in [1.807, 2.05) is 23.6 Å². The van der Waals surface area contributed by atoms with Crippen molar-refractivity contribution >= 4 is 50.8 Å². The van der Waals surface area contributed by atoms with Crippen molar-refractivity contribution in [3.8, 4) is 0 Å². The van der Waals surface area contributed by atoms with Crippen molar-refractivity contribution in [2.24, 2.45) is 5.92 Å². The SMILES string of the molecule is CC(C)CCn1c(SCC(=O)NCc2ccc(Cl)cc2)nc2ccsc2c1=O. The smallest absolute Gasteiger partial charge is 0.272 e. The van der Waals surface area contributed by atoms with E-state index in [4.69, 9.17) is 11.6 Å². The van der Waals surface area contributed by atoms with Crippen LogP contribution in [0.3, 0.4) is 0 Å². The molecule has 0 bridgehead atoms. The highest BCUT2D eigenvalue weighted by atomic mass is 35.5. The van der Waals surface area contributed by atoms with Gasteiger partial charge >= 0.3 is 0 Å². The predicted octanol–water partition coefficient (Wildman–Crippen LogP) is 4.57. The summed E-state index contributed by atoms with van der Waals surface area (Å²) in [6.07, 6.45) is 0.884. The van der Waals surface area contributed by atoms with E-state index in [-0.39, 0.29) is 17.2 Å². The summed E-state index contributed by atoms with van der Waals surface area (Å²) in [7, 11) is 0. The average Bonchev–Trinajstić information content (AvgIpc) is 3.14. The summed E-state index contributed by atoms with van der Waals surface area (Å²) in [5.41, 5.74) is 1.65. The molecule has 28 heavy (non-hydrogen) atoms. The Morgan fingerprint density at radius 3 is 2.75 bits per heavy atom. The van der Waals surface area contributed by atoms with Gasteiger partial charge in [0.05, 0.1) is 11.3 Å². The Morgan fingerprint density at radius 1 is 1.29 bits per heavy atom. The fourth-order valence-electron chi connectivity index (χ4n) is 2.60. The van der Waals surface area contributed by atoms with Crippen molar-refractivity contribution in [3.63, 3.8) is 0 Å². The second kappa shape index (κ2) is 9.58. The zero-order valence-corrected chi connectivity index (χ0v) is 18.2. The zero-order chi connectivity index (χ0) is 20.1. The largest absolute Gasteiger partial charge is 0.351 e. The van der Waals surface area contributed by atoms with Crippen molar-refractivity contribution in [3.05, 3.63) is 56.7 Å². The Kier molecular flexibility index (Phi) is 7.15. The van der Waals surface area contributed by atoms with Gasteiger partial charge in [-0.1, -0.05) is 49.3 Å². The highest BCUT2D eigenvalue weighted by Crippen LogP contribution is 2.21. The number of amides is 1.